The minimum Gasteiger partial charge on any atom is -0.343 e. The van der Waals surface area contributed by atoms with E-state index in [4.69, 9.17) is 0 Å². The maximum atomic E-state index is 12.2. The van der Waals surface area contributed by atoms with E-state index in [1.807, 2.05) is 0 Å². The fourth-order valence-electron chi connectivity index (χ4n) is 3.53. The molecule has 7 heteroatoms. The Labute approximate surface area is 164 Å². The van der Waals surface area contributed by atoms with Gasteiger partial charge in [0.05, 0.1) is 6.54 Å². The lowest BCUT2D eigenvalue weighted by molar-refractivity contribution is 0.0944. The van der Waals surface area contributed by atoms with Crippen molar-refractivity contribution in [2.24, 2.45) is 0 Å². The highest BCUT2D eigenvalue weighted by molar-refractivity contribution is 5.92. The molecule has 144 valence electrons. The molecule has 3 aromatic rings. The summed E-state index contributed by atoms with van der Waals surface area (Å²) in [6.07, 6.45) is 2.47. The Balaban J connectivity index is 1.37. The van der Waals surface area contributed by atoms with Gasteiger partial charge in [-0.15, -0.1) is 10.2 Å². The minimum atomic E-state index is -0.201. The van der Waals surface area contributed by atoms with Crippen LogP contribution in [0.1, 0.15) is 33.3 Å². The van der Waals surface area contributed by atoms with Crippen LogP contribution in [0.5, 0.6) is 0 Å². The summed E-state index contributed by atoms with van der Waals surface area (Å²) in [5, 5.41) is 11.5. The van der Waals surface area contributed by atoms with Gasteiger partial charge in [0.1, 0.15) is 11.5 Å². The molecule has 0 atom stereocenters. The lowest BCUT2D eigenvalue weighted by atomic mass is 10.1. The van der Waals surface area contributed by atoms with Crippen LogP contribution in [0.4, 0.5) is 0 Å². The molecule has 4 rings (SSSR count). The standard InChI is InChI=1S/C21H24N6O/c1-16-5-4-6-17(13-16)15-26-10-8-19-24-25-20(27(19)12-11-26)14-23-21(28)18-7-2-3-9-22-18/h2-7,9,13H,8,10-12,14-15H2,1H3,(H,23,28). The maximum absolute atomic E-state index is 12.2. The van der Waals surface area contributed by atoms with Gasteiger partial charge in [0, 0.05) is 38.8 Å². The molecular weight excluding hydrogens is 352 g/mol. The predicted octanol–water partition coefficient (Wildman–Crippen LogP) is 1.97. The number of nitrogens with zero attached hydrogens (tertiary/aromatic N) is 5. The quantitative estimate of drug-likeness (QED) is 0.737. The third-order valence-electron chi connectivity index (χ3n) is 4.99. The first-order valence-corrected chi connectivity index (χ1v) is 9.57. The van der Waals surface area contributed by atoms with E-state index in [1.54, 1.807) is 24.4 Å². The third-order valence-corrected chi connectivity index (χ3v) is 4.99. The van der Waals surface area contributed by atoms with E-state index in [9.17, 15) is 4.79 Å². The van der Waals surface area contributed by atoms with Crippen LogP contribution in [0.2, 0.25) is 0 Å². The summed E-state index contributed by atoms with van der Waals surface area (Å²) in [5.41, 5.74) is 3.03. The predicted molar refractivity (Wildman–Crippen MR) is 106 cm³/mol. The second-order valence-electron chi connectivity index (χ2n) is 7.10. The summed E-state index contributed by atoms with van der Waals surface area (Å²) in [4.78, 5) is 18.7. The van der Waals surface area contributed by atoms with E-state index >= 15 is 0 Å². The van der Waals surface area contributed by atoms with Crippen molar-refractivity contribution in [3.05, 3.63) is 77.1 Å². The molecular formula is C21H24N6O. The normalized spacial score (nSPS) is 14.3. The number of carbonyl (C=O) groups is 1. The first-order valence-electron chi connectivity index (χ1n) is 9.57. The van der Waals surface area contributed by atoms with Gasteiger partial charge in [-0.05, 0) is 24.6 Å². The van der Waals surface area contributed by atoms with Gasteiger partial charge in [-0.3, -0.25) is 14.7 Å². The van der Waals surface area contributed by atoms with Crippen molar-refractivity contribution in [2.75, 3.05) is 13.1 Å². The van der Waals surface area contributed by atoms with Gasteiger partial charge in [0.25, 0.3) is 5.91 Å². The lowest BCUT2D eigenvalue weighted by Gasteiger charge is -2.20. The molecule has 0 saturated carbocycles. The molecule has 1 aliphatic heterocycles. The molecule has 0 unspecified atom stereocenters. The number of aryl methyl sites for hydroxylation is 1. The van der Waals surface area contributed by atoms with Gasteiger partial charge in [0.2, 0.25) is 0 Å². The summed E-state index contributed by atoms with van der Waals surface area (Å²) in [5.74, 6) is 1.57. The molecule has 0 aliphatic carbocycles. The van der Waals surface area contributed by atoms with Gasteiger partial charge in [0.15, 0.2) is 5.82 Å². The summed E-state index contributed by atoms with van der Waals surface area (Å²) in [6, 6.07) is 13.9. The molecule has 1 N–H and O–H groups in total. The Hall–Kier alpha value is -3.06. The fourth-order valence-corrected chi connectivity index (χ4v) is 3.53. The second-order valence-corrected chi connectivity index (χ2v) is 7.10. The Bertz CT molecular complexity index is 953. The highest BCUT2D eigenvalue weighted by Crippen LogP contribution is 2.13. The maximum Gasteiger partial charge on any atom is 0.270 e. The van der Waals surface area contributed by atoms with Crippen LogP contribution < -0.4 is 5.32 Å². The topological polar surface area (TPSA) is 75.9 Å². The Morgan fingerprint density at radius 1 is 1.11 bits per heavy atom. The zero-order valence-corrected chi connectivity index (χ0v) is 16.0. The number of aromatic nitrogens is 4. The second kappa shape index (κ2) is 8.31. The summed E-state index contributed by atoms with van der Waals surface area (Å²) < 4.78 is 2.13. The van der Waals surface area contributed by atoms with E-state index in [0.717, 1.165) is 44.2 Å². The highest BCUT2D eigenvalue weighted by atomic mass is 16.1. The molecule has 3 heterocycles. The van der Waals surface area contributed by atoms with E-state index < -0.39 is 0 Å². The summed E-state index contributed by atoms with van der Waals surface area (Å²) in [6.45, 7) is 6.11. The molecule has 0 radical (unpaired) electrons. The number of nitrogens with one attached hydrogen (secondary N) is 1. The van der Waals surface area contributed by atoms with E-state index in [2.05, 4.69) is 61.2 Å². The van der Waals surface area contributed by atoms with Crippen LogP contribution in [-0.2, 0) is 26.1 Å². The zero-order chi connectivity index (χ0) is 19.3. The van der Waals surface area contributed by atoms with Gasteiger partial charge >= 0.3 is 0 Å². The fraction of sp³-hybridized carbons (Fsp3) is 0.333. The minimum absolute atomic E-state index is 0.201. The first-order chi connectivity index (χ1) is 13.7. The van der Waals surface area contributed by atoms with Crippen LogP contribution in [-0.4, -0.2) is 43.6 Å². The van der Waals surface area contributed by atoms with Gasteiger partial charge in [-0.25, -0.2) is 0 Å². The lowest BCUT2D eigenvalue weighted by Crippen LogP contribution is -2.28. The van der Waals surface area contributed by atoms with Crippen LogP contribution >= 0.6 is 0 Å². The number of benzene rings is 1. The molecule has 1 aliphatic rings. The van der Waals surface area contributed by atoms with Crippen LogP contribution in [0, 0.1) is 6.92 Å². The molecule has 1 amide bonds. The van der Waals surface area contributed by atoms with Crippen molar-refractivity contribution in [3.63, 3.8) is 0 Å². The average molecular weight is 376 g/mol. The van der Waals surface area contributed by atoms with Crippen LogP contribution in [0.15, 0.2) is 48.7 Å². The van der Waals surface area contributed by atoms with Crippen LogP contribution in [0.3, 0.4) is 0 Å². The average Bonchev–Trinajstić information content (AvgIpc) is 2.99. The van der Waals surface area contributed by atoms with E-state index in [1.165, 1.54) is 11.1 Å². The van der Waals surface area contributed by atoms with Crippen molar-refractivity contribution in [1.82, 2.24) is 30.0 Å². The van der Waals surface area contributed by atoms with Crippen molar-refractivity contribution in [3.8, 4) is 0 Å². The Morgan fingerprint density at radius 3 is 2.86 bits per heavy atom. The molecule has 28 heavy (non-hydrogen) atoms. The molecule has 0 bridgehead atoms. The largest absolute Gasteiger partial charge is 0.343 e. The summed E-state index contributed by atoms with van der Waals surface area (Å²) >= 11 is 0. The number of pyridine rings is 1. The highest BCUT2D eigenvalue weighted by Gasteiger charge is 2.19. The SMILES string of the molecule is Cc1cccc(CN2CCc3nnc(CNC(=O)c4ccccn4)n3CC2)c1. The van der Waals surface area contributed by atoms with Gasteiger partial charge < -0.3 is 9.88 Å². The molecule has 1 aromatic carbocycles. The molecule has 0 fully saturated rings. The number of amides is 1. The third kappa shape index (κ3) is 4.26. The number of hydrogen-bond acceptors (Lipinski definition) is 5. The Kier molecular flexibility index (Phi) is 5.43. The zero-order valence-electron chi connectivity index (χ0n) is 16.0. The van der Waals surface area contributed by atoms with E-state index in [0.29, 0.717) is 12.2 Å². The van der Waals surface area contributed by atoms with Gasteiger partial charge in [-0.1, -0.05) is 35.9 Å². The number of fused-ring (bicyclic) bond motifs is 1. The monoisotopic (exact) mass is 376 g/mol. The summed E-state index contributed by atoms with van der Waals surface area (Å²) in [7, 11) is 0. The first kappa shape index (κ1) is 18.3. The van der Waals surface area contributed by atoms with Gasteiger partial charge in [-0.2, -0.15) is 0 Å². The molecule has 2 aromatic heterocycles. The van der Waals surface area contributed by atoms with E-state index in [-0.39, 0.29) is 5.91 Å². The smallest absolute Gasteiger partial charge is 0.270 e. The molecule has 0 spiro atoms. The molecule has 7 nitrogen and oxygen atoms in total. The van der Waals surface area contributed by atoms with Crippen molar-refractivity contribution in [2.45, 2.75) is 33.0 Å². The number of rotatable bonds is 5. The number of hydrogen-bond donors (Lipinski definition) is 1. The molecule has 0 saturated heterocycles. The van der Waals surface area contributed by atoms with Crippen molar-refractivity contribution >= 4 is 5.91 Å². The Morgan fingerprint density at radius 2 is 2.04 bits per heavy atom. The van der Waals surface area contributed by atoms with Crippen molar-refractivity contribution in [1.29, 1.82) is 0 Å². The number of carbonyl (C=O) groups excluding carboxylic acids is 1. The van der Waals surface area contributed by atoms with Crippen LogP contribution in [0.25, 0.3) is 0 Å². The van der Waals surface area contributed by atoms with Crippen molar-refractivity contribution < 1.29 is 4.79 Å².